The predicted octanol–water partition coefficient (Wildman–Crippen LogP) is 10.5. The fraction of sp³-hybridized carbons (Fsp3) is 0.389. The summed E-state index contributed by atoms with van der Waals surface area (Å²) in [6.45, 7) is 8.98. The van der Waals surface area contributed by atoms with Gasteiger partial charge in [-0.25, -0.2) is 9.78 Å². The zero-order chi connectivity index (χ0) is 29.5. The first-order valence-electron chi connectivity index (χ1n) is 15.2. The van der Waals surface area contributed by atoms with Crippen molar-refractivity contribution in [3.8, 4) is 21.7 Å². The van der Waals surface area contributed by atoms with Gasteiger partial charge in [-0.1, -0.05) is 75.6 Å². The SMILES string of the molecule is CCCO[C@H](C(=O)O)c1c(C)cc2nc(-c3ccc4c(c3)C(C3CCC(C)CC3)=CC4C)sc2c1-c1ccc(Cl)cc1. The van der Waals surface area contributed by atoms with Gasteiger partial charge in [0.05, 0.1) is 10.2 Å². The first-order chi connectivity index (χ1) is 20.2. The van der Waals surface area contributed by atoms with E-state index in [1.807, 2.05) is 44.2 Å². The van der Waals surface area contributed by atoms with Crippen molar-refractivity contribution in [1.29, 1.82) is 0 Å². The van der Waals surface area contributed by atoms with Crippen molar-refractivity contribution in [2.45, 2.75) is 71.8 Å². The number of halogens is 1. The smallest absolute Gasteiger partial charge is 0.337 e. The molecule has 6 heteroatoms. The third-order valence-electron chi connectivity index (χ3n) is 9.02. The van der Waals surface area contributed by atoms with Crippen LogP contribution < -0.4 is 0 Å². The maximum absolute atomic E-state index is 12.5. The van der Waals surface area contributed by atoms with E-state index in [0.717, 1.165) is 49.8 Å². The zero-order valence-corrected chi connectivity index (χ0v) is 26.3. The van der Waals surface area contributed by atoms with Gasteiger partial charge in [0.1, 0.15) is 5.01 Å². The Labute approximate surface area is 257 Å². The van der Waals surface area contributed by atoms with Crippen LogP contribution in [0.1, 0.15) is 87.2 Å². The number of hydrogen-bond acceptors (Lipinski definition) is 4. The van der Waals surface area contributed by atoms with Gasteiger partial charge >= 0.3 is 5.97 Å². The quantitative estimate of drug-likeness (QED) is 0.219. The van der Waals surface area contributed by atoms with Gasteiger partial charge in [-0.3, -0.25) is 0 Å². The molecule has 0 spiro atoms. The highest BCUT2D eigenvalue weighted by Gasteiger charge is 2.31. The standard InChI is InChI=1S/C36H38ClNO3S/c1-5-16-41-33(36(39)40)31-22(4)18-30-34(32(31)24-10-13-26(37)14-11-24)42-35(38-30)25-12-15-27-21(3)17-28(29(27)19-25)23-8-6-20(2)7-9-23/h10-15,17-21,23,33H,5-9,16H2,1-4H3,(H,39,40)/t20?,21?,23?,33-/m0/s1. The third-order valence-corrected chi connectivity index (χ3v) is 10.4. The lowest BCUT2D eigenvalue weighted by atomic mass is 9.78. The van der Waals surface area contributed by atoms with Crippen molar-refractivity contribution in [2.75, 3.05) is 6.61 Å². The highest BCUT2D eigenvalue weighted by Crippen LogP contribution is 2.48. The normalized spacial score (nSPS) is 20.9. The number of ether oxygens (including phenoxy) is 1. The van der Waals surface area contributed by atoms with E-state index in [0.29, 0.717) is 29.0 Å². The van der Waals surface area contributed by atoms with E-state index in [1.54, 1.807) is 11.3 Å². The number of aryl methyl sites for hydroxylation is 1. The molecular formula is C36H38ClNO3S. The highest BCUT2D eigenvalue weighted by atomic mass is 35.5. The van der Waals surface area contributed by atoms with E-state index in [9.17, 15) is 9.90 Å². The van der Waals surface area contributed by atoms with E-state index in [4.69, 9.17) is 21.3 Å². The summed E-state index contributed by atoms with van der Waals surface area (Å²) in [5, 5.41) is 11.8. The van der Waals surface area contributed by atoms with Gasteiger partial charge in [-0.05, 0) is 90.1 Å². The molecule has 0 bridgehead atoms. The molecule has 3 aromatic carbocycles. The first kappa shape index (κ1) is 29.1. The summed E-state index contributed by atoms with van der Waals surface area (Å²) in [5.41, 5.74) is 9.59. The maximum Gasteiger partial charge on any atom is 0.337 e. The second-order valence-corrected chi connectivity index (χ2v) is 13.6. The van der Waals surface area contributed by atoms with Crippen LogP contribution in [0.3, 0.4) is 0 Å². The summed E-state index contributed by atoms with van der Waals surface area (Å²) in [7, 11) is 0. The Morgan fingerprint density at radius 3 is 2.48 bits per heavy atom. The predicted molar refractivity (Wildman–Crippen MR) is 174 cm³/mol. The molecule has 1 fully saturated rings. The second kappa shape index (κ2) is 11.9. The molecule has 1 saturated carbocycles. The van der Waals surface area contributed by atoms with Crippen molar-refractivity contribution in [2.24, 2.45) is 11.8 Å². The minimum atomic E-state index is -1.07. The lowest BCUT2D eigenvalue weighted by Gasteiger charge is -2.27. The lowest BCUT2D eigenvalue weighted by Crippen LogP contribution is -2.18. The molecule has 2 aliphatic carbocycles. The Morgan fingerprint density at radius 1 is 1.07 bits per heavy atom. The van der Waals surface area contributed by atoms with Crippen LogP contribution in [0.2, 0.25) is 5.02 Å². The average molecular weight is 600 g/mol. The van der Waals surface area contributed by atoms with E-state index >= 15 is 0 Å². The molecule has 2 aliphatic rings. The number of thiazole rings is 1. The average Bonchev–Trinajstić information content (AvgIpc) is 3.54. The minimum absolute atomic E-state index is 0.367. The van der Waals surface area contributed by atoms with Crippen molar-refractivity contribution < 1.29 is 14.6 Å². The fourth-order valence-electron chi connectivity index (χ4n) is 6.80. The van der Waals surface area contributed by atoms with Crippen LogP contribution in [-0.4, -0.2) is 22.7 Å². The van der Waals surface area contributed by atoms with Gasteiger partial charge in [0.2, 0.25) is 0 Å². The molecule has 1 aromatic heterocycles. The summed E-state index contributed by atoms with van der Waals surface area (Å²) < 4.78 is 6.90. The molecule has 1 unspecified atom stereocenters. The summed E-state index contributed by atoms with van der Waals surface area (Å²) in [6, 6.07) is 16.5. The third kappa shape index (κ3) is 5.43. The molecule has 4 aromatic rings. The molecule has 0 aliphatic heterocycles. The van der Waals surface area contributed by atoms with Crippen LogP contribution >= 0.6 is 22.9 Å². The Kier molecular flexibility index (Phi) is 8.28. The van der Waals surface area contributed by atoms with Crippen molar-refractivity contribution in [3.05, 3.63) is 81.9 Å². The largest absolute Gasteiger partial charge is 0.479 e. The van der Waals surface area contributed by atoms with Gasteiger partial charge < -0.3 is 9.84 Å². The van der Waals surface area contributed by atoms with Crippen LogP contribution in [0.25, 0.3) is 37.5 Å². The Balaban J connectivity index is 1.49. The molecule has 0 radical (unpaired) electrons. The summed E-state index contributed by atoms with van der Waals surface area (Å²) in [4.78, 5) is 17.6. The summed E-state index contributed by atoms with van der Waals surface area (Å²) >= 11 is 7.88. The van der Waals surface area contributed by atoms with Crippen LogP contribution in [0.5, 0.6) is 0 Å². The van der Waals surface area contributed by atoms with Gasteiger partial charge in [0.15, 0.2) is 6.10 Å². The maximum atomic E-state index is 12.5. The highest BCUT2D eigenvalue weighted by molar-refractivity contribution is 7.22. The van der Waals surface area contributed by atoms with Crippen LogP contribution in [0.4, 0.5) is 0 Å². The first-order valence-corrected chi connectivity index (χ1v) is 16.3. The van der Waals surface area contributed by atoms with E-state index in [-0.39, 0.29) is 0 Å². The van der Waals surface area contributed by atoms with Gasteiger partial charge in [0.25, 0.3) is 0 Å². The number of aromatic nitrogens is 1. The Morgan fingerprint density at radius 2 is 1.79 bits per heavy atom. The molecule has 0 saturated heterocycles. The van der Waals surface area contributed by atoms with Gasteiger partial charge in [-0.15, -0.1) is 11.3 Å². The van der Waals surface area contributed by atoms with E-state index < -0.39 is 12.1 Å². The van der Waals surface area contributed by atoms with Crippen LogP contribution in [-0.2, 0) is 9.53 Å². The lowest BCUT2D eigenvalue weighted by molar-refractivity contribution is -0.150. The van der Waals surface area contributed by atoms with Gasteiger partial charge in [0, 0.05) is 34.2 Å². The van der Waals surface area contributed by atoms with E-state index in [2.05, 4.69) is 38.1 Å². The minimum Gasteiger partial charge on any atom is -0.479 e. The number of rotatable bonds is 8. The second-order valence-electron chi connectivity index (χ2n) is 12.1. The molecule has 6 rings (SSSR count). The Hall–Kier alpha value is -2.99. The number of aliphatic carboxylic acids is 1. The fourth-order valence-corrected chi connectivity index (χ4v) is 8.05. The molecule has 4 nitrogen and oxygen atoms in total. The molecule has 42 heavy (non-hydrogen) atoms. The molecule has 2 atom stereocenters. The molecular weight excluding hydrogens is 562 g/mol. The van der Waals surface area contributed by atoms with Crippen molar-refractivity contribution in [1.82, 2.24) is 4.98 Å². The number of benzene rings is 3. The molecule has 1 heterocycles. The molecule has 218 valence electrons. The van der Waals surface area contributed by atoms with Crippen LogP contribution in [0, 0.1) is 18.8 Å². The monoisotopic (exact) mass is 599 g/mol. The molecule has 0 amide bonds. The molecule has 1 N–H and O–H groups in total. The van der Waals surface area contributed by atoms with Crippen LogP contribution in [0.15, 0.2) is 54.6 Å². The Bertz CT molecular complexity index is 1660. The van der Waals surface area contributed by atoms with Crippen molar-refractivity contribution in [3.63, 3.8) is 0 Å². The van der Waals surface area contributed by atoms with Crippen molar-refractivity contribution >= 4 is 44.7 Å². The number of carboxylic acids is 1. The zero-order valence-electron chi connectivity index (χ0n) is 24.7. The summed E-state index contributed by atoms with van der Waals surface area (Å²) in [5.74, 6) is 0.894. The number of carbonyl (C=O) groups is 1. The number of carboxylic acid groups (broad SMARTS) is 1. The number of fused-ring (bicyclic) bond motifs is 2. The van der Waals surface area contributed by atoms with E-state index in [1.165, 1.54) is 42.4 Å². The topological polar surface area (TPSA) is 59.4 Å². The number of allylic oxidation sites excluding steroid dienone is 2. The number of hydrogen-bond donors (Lipinski definition) is 1. The van der Waals surface area contributed by atoms with Gasteiger partial charge in [-0.2, -0.15) is 0 Å². The number of nitrogens with zero attached hydrogens (tertiary/aromatic N) is 1. The summed E-state index contributed by atoms with van der Waals surface area (Å²) in [6.07, 6.45) is 7.29.